The van der Waals surface area contributed by atoms with Crippen LogP contribution in [0.4, 0.5) is 0 Å². The Morgan fingerprint density at radius 1 is 1.12 bits per heavy atom. The van der Waals surface area contributed by atoms with Gasteiger partial charge in [-0.15, -0.1) is 0 Å². The minimum absolute atomic E-state index is 0.0405. The second-order valence-electron chi connectivity index (χ2n) is 10.7. The second-order valence-corrected chi connectivity index (χ2v) is 11.2. The molecule has 222 valence electrons. The van der Waals surface area contributed by atoms with Crippen molar-refractivity contribution >= 4 is 39.2 Å². The molecular formula is C30H29BrO11. The van der Waals surface area contributed by atoms with Crippen LogP contribution >= 0.6 is 15.9 Å². The van der Waals surface area contributed by atoms with Gasteiger partial charge in [0.2, 0.25) is 11.6 Å². The molecule has 2 aliphatic carbocycles. The minimum Gasteiger partial charge on any atom is -0.507 e. The molecule has 12 heteroatoms. The van der Waals surface area contributed by atoms with Gasteiger partial charge in [0.25, 0.3) is 0 Å². The van der Waals surface area contributed by atoms with E-state index < -0.39 is 83.4 Å². The molecule has 1 aliphatic heterocycles. The molecule has 0 spiro atoms. The molecule has 5 rings (SSSR count). The third kappa shape index (κ3) is 5.02. The lowest BCUT2D eigenvalue weighted by molar-refractivity contribution is -0.214. The average molecular weight is 645 g/mol. The van der Waals surface area contributed by atoms with E-state index in [1.807, 2.05) is 6.92 Å². The Bertz CT molecular complexity index is 1530. The average Bonchev–Trinajstić information content (AvgIpc) is 2.94. The van der Waals surface area contributed by atoms with Crippen LogP contribution in [0, 0.1) is 0 Å². The predicted octanol–water partition coefficient (Wildman–Crippen LogP) is 3.21. The van der Waals surface area contributed by atoms with Crippen molar-refractivity contribution in [2.75, 3.05) is 19.0 Å². The largest absolute Gasteiger partial charge is 0.507 e. The SMILES string of the molecule is C=C1C[C@H](O[C@H]2C[C@](O)(C(=O)COC(=O)CBr)Cc3c(O)c4c(c(O)c32)C(=O)c2c(OC)cccc2C4=O)O[C@@H](C)C1. The van der Waals surface area contributed by atoms with Gasteiger partial charge in [-0.2, -0.15) is 0 Å². The van der Waals surface area contributed by atoms with Crippen LogP contribution in [0.5, 0.6) is 17.2 Å². The number of aromatic hydroxyl groups is 2. The Balaban J connectivity index is 1.65. The van der Waals surface area contributed by atoms with Crippen LogP contribution < -0.4 is 4.74 Å². The third-order valence-electron chi connectivity index (χ3n) is 7.80. The summed E-state index contributed by atoms with van der Waals surface area (Å²) in [6.45, 7) is 5.06. The molecule has 1 heterocycles. The van der Waals surface area contributed by atoms with Gasteiger partial charge >= 0.3 is 5.97 Å². The number of carbonyl (C=O) groups is 4. The van der Waals surface area contributed by atoms with E-state index in [2.05, 4.69) is 22.5 Å². The quantitative estimate of drug-likeness (QED) is 0.150. The van der Waals surface area contributed by atoms with E-state index in [1.165, 1.54) is 25.3 Å². The zero-order chi connectivity index (χ0) is 30.5. The van der Waals surface area contributed by atoms with Crippen LogP contribution in [-0.4, -0.2) is 75.7 Å². The van der Waals surface area contributed by atoms with Crippen molar-refractivity contribution in [3.63, 3.8) is 0 Å². The lowest BCUT2D eigenvalue weighted by atomic mass is 9.72. The molecule has 3 N–H and O–H groups in total. The first-order chi connectivity index (χ1) is 19.9. The topological polar surface area (TPSA) is 166 Å². The number of carbonyl (C=O) groups excluding carboxylic acids is 4. The Hall–Kier alpha value is -3.58. The van der Waals surface area contributed by atoms with Gasteiger partial charge in [0.1, 0.15) is 28.2 Å². The highest BCUT2D eigenvalue weighted by molar-refractivity contribution is 9.09. The smallest absolute Gasteiger partial charge is 0.316 e. The summed E-state index contributed by atoms with van der Waals surface area (Å²) in [5.74, 6) is -4.30. The fourth-order valence-corrected chi connectivity index (χ4v) is 6.07. The second kappa shape index (κ2) is 11.3. The number of Topliss-reactive ketones (excluding diaryl/α,β-unsaturated/α-hetero) is 1. The van der Waals surface area contributed by atoms with Gasteiger partial charge in [0.15, 0.2) is 18.7 Å². The number of phenolic OH excluding ortho intramolecular Hbond substituents is 2. The number of fused-ring (bicyclic) bond motifs is 3. The summed E-state index contributed by atoms with van der Waals surface area (Å²) in [5, 5.41) is 34.5. The fourth-order valence-electron chi connectivity index (χ4n) is 5.91. The van der Waals surface area contributed by atoms with Crippen molar-refractivity contribution in [1.29, 1.82) is 0 Å². The number of halogens is 1. The normalized spacial score (nSPS) is 24.9. The van der Waals surface area contributed by atoms with E-state index in [-0.39, 0.29) is 45.9 Å². The van der Waals surface area contributed by atoms with Gasteiger partial charge < -0.3 is 34.3 Å². The molecule has 2 aromatic rings. The molecule has 2 aromatic carbocycles. The molecule has 42 heavy (non-hydrogen) atoms. The summed E-state index contributed by atoms with van der Waals surface area (Å²) in [6, 6.07) is 4.41. The summed E-state index contributed by atoms with van der Waals surface area (Å²) in [4.78, 5) is 52.2. The Morgan fingerprint density at radius 3 is 2.50 bits per heavy atom. The number of aliphatic hydroxyl groups is 1. The van der Waals surface area contributed by atoms with Gasteiger partial charge in [0, 0.05) is 36.0 Å². The maximum atomic E-state index is 13.8. The van der Waals surface area contributed by atoms with Gasteiger partial charge in [-0.1, -0.05) is 40.2 Å². The summed E-state index contributed by atoms with van der Waals surface area (Å²) in [7, 11) is 1.34. The lowest BCUT2D eigenvalue weighted by Crippen LogP contribution is -2.48. The molecule has 1 fully saturated rings. The molecule has 0 saturated carbocycles. The molecule has 0 aromatic heterocycles. The number of phenols is 2. The summed E-state index contributed by atoms with van der Waals surface area (Å²) < 4.78 is 22.3. The maximum absolute atomic E-state index is 13.8. The van der Waals surface area contributed by atoms with E-state index in [9.17, 15) is 34.5 Å². The fraction of sp³-hybridized carbons (Fsp3) is 0.400. The number of hydrogen-bond donors (Lipinski definition) is 3. The van der Waals surface area contributed by atoms with E-state index in [1.54, 1.807) is 0 Å². The summed E-state index contributed by atoms with van der Waals surface area (Å²) in [6.07, 6.45) is -2.53. The highest BCUT2D eigenvalue weighted by Gasteiger charge is 2.50. The standard InChI is InChI=1S/C30H29BrO11/c1-13-7-14(2)41-21(8-13)42-18-10-30(38,19(32)12-40-20(33)11-31)9-16-23(18)29(37)25-24(27(16)35)26(34)15-5-4-6-17(39-3)22(15)28(25)36/h4-6,14,18,21,35,37-38H,1,7-12H2,2-3H3/t14-,18-,21-,30-/m0/s1. The number of rotatable bonds is 7. The van der Waals surface area contributed by atoms with Crippen molar-refractivity contribution in [3.05, 3.63) is 63.7 Å². The van der Waals surface area contributed by atoms with E-state index in [4.69, 9.17) is 18.9 Å². The highest BCUT2D eigenvalue weighted by Crippen LogP contribution is 2.52. The first-order valence-corrected chi connectivity index (χ1v) is 14.3. The van der Waals surface area contributed by atoms with Gasteiger partial charge in [-0.25, -0.2) is 0 Å². The maximum Gasteiger partial charge on any atom is 0.316 e. The van der Waals surface area contributed by atoms with Crippen LogP contribution in [0.2, 0.25) is 0 Å². The molecule has 0 amide bonds. The Kier molecular flexibility index (Phi) is 8.01. The Morgan fingerprint density at radius 2 is 1.83 bits per heavy atom. The number of alkyl halides is 1. The van der Waals surface area contributed by atoms with Crippen LogP contribution in [-0.2, 0) is 30.2 Å². The molecule has 0 radical (unpaired) electrons. The Labute approximate surface area is 249 Å². The zero-order valence-corrected chi connectivity index (χ0v) is 24.5. The number of methoxy groups -OCH3 is 1. The highest BCUT2D eigenvalue weighted by atomic mass is 79.9. The van der Waals surface area contributed by atoms with Crippen molar-refractivity contribution in [1.82, 2.24) is 0 Å². The van der Waals surface area contributed by atoms with E-state index in [0.29, 0.717) is 6.42 Å². The van der Waals surface area contributed by atoms with Gasteiger partial charge in [-0.3, -0.25) is 19.2 Å². The van der Waals surface area contributed by atoms with Crippen molar-refractivity contribution in [3.8, 4) is 17.2 Å². The first kappa shape index (κ1) is 29.9. The van der Waals surface area contributed by atoms with Crippen LogP contribution in [0.1, 0.15) is 75.3 Å². The summed E-state index contributed by atoms with van der Waals surface area (Å²) in [5.41, 5.74) is -2.62. The van der Waals surface area contributed by atoms with Gasteiger partial charge in [0.05, 0.1) is 36.0 Å². The first-order valence-electron chi connectivity index (χ1n) is 13.2. The zero-order valence-electron chi connectivity index (χ0n) is 22.9. The van der Waals surface area contributed by atoms with E-state index >= 15 is 0 Å². The minimum atomic E-state index is -2.23. The van der Waals surface area contributed by atoms with Crippen molar-refractivity contribution < 1.29 is 53.4 Å². The van der Waals surface area contributed by atoms with E-state index in [0.717, 1.165) is 5.57 Å². The number of hydrogen-bond acceptors (Lipinski definition) is 11. The molecule has 1 saturated heterocycles. The van der Waals surface area contributed by atoms with Crippen molar-refractivity contribution in [2.24, 2.45) is 0 Å². The lowest BCUT2D eigenvalue weighted by Gasteiger charge is -2.41. The van der Waals surface area contributed by atoms with Crippen LogP contribution in [0.15, 0.2) is 30.4 Å². The predicted molar refractivity (Wildman–Crippen MR) is 149 cm³/mol. The monoisotopic (exact) mass is 644 g/mol. The number of benzene rings is 2. The molecule has 0 bridgehead atoms. The molecule has 4 atom stereocenters. The molecule has 11 nitrogen and oxygen atoms in total. The number of ketones is 3. The van der Waals surface area contributed by atoms with Crippen LogP contribution in [0.25, 0.3) is 0 Å². The molecular weight excluding hydrogens is 616 g/mol. The molecule has 3 aliphatic rings. The molecule has 0 unspecified atom stereocenters. The number of ether oxygens (including phenoxy) is 4. The van der Waals surface area contributed by atoms with Gasteiger partial charge in [-0.05, 0) is 19.4 Å². The van der Waals surface area contributed by atoms with Crippen molar-refractivity contribution in [2.45, 2.75) is 56.7 Å². The van der Waals surface area contributed by atoms with Crippen LogP contribution in [0.3, 0.4) is 0 Å². The summed E-state index contributed by atoms with van der Waals surface area (Å²) >= 11 is 2.94. The number of esters is 1. The third-order valence-corrected chi connectivity index (χ3v) is 8.26.